The van der Waals surface area contributed by atoms with Crippen LogP contribution in [0.15, 0.2) is 36.4 Å². The standard InChI is InChI=1S/C20H19Cl2F2NO3/c1-12(27-15-3-4-16(21)17(22)11-15)20(26)25-8-6-14(7-9-25)28-19-5-2-13(23)10-18(19)24/h2-5,10-12,14H,6-9H2,1H3/t12-/m1/s1. The second kappa shape index (κ2) is 8.97. The minimum atomic E-state index is -0.734. The number of carbonyl (C=O) groups is 1. The molecule has 0 aliphatic carbocycles. The summed E-state index contributed by atoms with van der Waals surface area (Å²) in [5, 5.41) is 0.762. The van der Waals surface area contributed by atoms with Gasteiger partial charge in [0.1, 0.15) is 17.7 Å². The molecule has 4 nitrogen and oxygen atoms in total. The number of piperidine rings is 1. The summed E-state index contributed by atoms with van der Waals surface area (Å²) < 4.78 is 38.0. The van der Waals surface area contributed by atoms with Crippen molar-refractivity contribution in [2.75, 3.05) is 13.1 Å². The van der Waals surface area contributed by atoms with Gasteiger partial charge in [-0.15, -0.1) is 0 Å². The number of amides is 1. The van der Waals surface area contributed by atoms with Gasteiger partial charge in [0.25, 0.3) is 5.91 Å². The zero-order valence-electron chi connectivity index (χ0n) is 15.1. The molecular formula is C20H19Cl2F2NO3. The summed E-state index contributed by atoms with van der Waals surface area (Å²) in [5.41, 5.74) is 0. The monoisotopic (exact) mass is 429 g/mol. The van der Waals surface area contributed by atoms with Gasteiger partial charge in [0.2, 0.25) is 0 Å². The molecule has 28 heavy (non-hydrogen) atoms. The average molecular weight is 430 g/mol. The first kappa shape index (κ1) is 20.7. The SMILES string of the molecule is C[C@@H](Oc1ccc(Cl)c(Cl)c1)C(=O)N1CCC(Oc2ccc(F)cc2F)CC1. The van der Waals surface area contributed by atoms with Crippen molar-refractivity contribution in [3.05, 3.63) is 58.1 Å². The molecule has 1 atom stereocenters. The second-order valence-corrected chi connectivity index (χ2v) is 7.37. The van der Waals surface area contributed by atoms with E-state index in [0.717, 1.165) is 12.1 Å². The molecule has 2 aromatic rings. The summed E-state index contributed by atoms with van der Waals surface area (Å²) >= 11 is 11.8. The second-order valence-electron chi connectivity index (χ2n) is 6.55. The Morgan fingerprint density at radius 2 is 1.82 bits per heavy atom. The first-order chi connectivity index (χ1) is 13.3. The Morgan fingerprint density at radius 3 is 2.46 bits per heavy atom. The quantitative estimate of drug-likeness (QED) is 0.662. The number of hydrogen-bond acceptors (Lipinski definition) is 3. The number of rotatable bonds is 5. The fraction of sp³-hybridized carbons (Fsp3) is 0.350. The minimum Gasteiger partial charge on any atom is -0.487 e. The Labute approximate surface area is 171 Å². The van der Waals surface area contributed by atoms with Crippen molar-refractivity contribution < 1.29 is 23.0 Å². The first-order valence-corrected chi connectivity index (χ1v) is 9.61. The Kier molecular flexibility index (Phi) is 6.62. The largest absolute Gasteiger partial charge is 0.487 e. The van der Waals surface area contributed by atoms with Crippen LogP contribution in [0.1, 0.15) is 19.8 Å². The van der Waals surface area contributed by atoms with Crippen molar-refractivity contribution >= 4 is 29.1 Å². The topological polar surface area (TPSA) is 38.8 Å². The van der Waals surface area contributed by atoms with E-state index in [1.807, 2.05) is 0 Å². The van der Waals surface area contributed by atoms with Gasteiger partial charge in [-0.05, 0) is 31.2 Å². The van der Waals surface area contributed by atoms with Crippen molar-refractivity contribution in [1.29, 1.82) is 0 Å². The molecule has 0 saturated carbocycles. The van der Waals surface area contributed by atoms with E-state index in [9.17, 15) is 13.6 Å². The first-order valence-electron chi connectivity index (χ1n) is 8.85. The summed E-state index contributed by atoms with van der Waals surface area (Å²) in [6.45, 7) is 2.59. The third-order valence-electron chi connectivity index (χ3n) is 4.49. The molecule has 1 fully saturated rings. The van der Waals surface area contributed by atoms with Crippen LogP contribution in [0.2, 0.25) is 10.0 Å². The molecule has 1 heterocycles. The Bertz CT molecular complexity index is 857. The third kappa shape index (κ3) is 5.06. The number of ether oxygens (including phenoxy) is 2. The molecule has 0 radical (unpaired) electrons. The van der Waals surface area contributed by atoms with E-state index in [1.54, 1.807) is 30.0 Å². The highest BCUT2D eigenvalue weighted by Gasteiger charge is 2.28. The molecule has 8 heteroatoms. The van der Waals surface area contributed by atoms with E-state index in [2.05, 4.69) is 0 Å². The van der Waals surface area contributed by atoms with Gasteiger partial charge in [-0.2, -0.15) is 0 Å². The van der Waals surface area contributed by atoms with E-state index >= 15 is 0 Å². The van der Waals surface area contributed by atoms with Gasteiger partial charge in [-0.3, -0.25) is 4.79 Å². The highest BCUT2D eigenvalue weighted by Crippen LogP contribution is 2.27. The molecule has 3 rings (SSSR count). The molecule has 2 aromatic carbocycles. The van der Waals surface area contributed by atoms with Crippen molar-refractivity contribution in [3.8, 4) is 11.5 Å². The normalized spacial score (nSPS) is 16.0. The molecule has 1 aliphatic rings. The molecule has 1 amide bonds. The summed E-state index contributed by atoms with van der Waals surface area (Å²) in [5.74, 6) is -1.07. The van der Waals surface area contributed by atoms with E-state index in [4.69, 9.17) is 32.7 Å². The number of nitrogens with zero attached hydrogens (tertiary/aromatic N) is 1. The van der Waals surface area contributed by atoms with E-state index in [0.29, 0.717) is 41.7 Å². The van der Waals surface area contributed by atoms with Crippen molar-refractivity contribution in [2.45, 2.75) is 32.0 Å². The predicted molar refractivity (Wildman–Crippen MR) is 103 cm³/mol. The number of halogens is 4. The molecule has 1 saturated heterocycles. The summed E-state index contributed by atoms with van der Waals surface area (Å²) in [6, 6.07) is 8.03. The van der Waals surface area contributed by atoms with Gasteiger partial charge in [0.15, 0.2) is 17.7 Å². The van der Waals surface area contributed by atoms with Gasteiger partial charge in [0.05, 0.1) is 10.0 Å². The minimum absolute atomic E-state index is 0.0162. The summed E-state index contributed by atoms with van der Waals surface area (Å²) in [6.07, 6.45) is 0.156. The van der Waals surface area contributed by atoms with E-state index in [-0.39, 0.29) is 17.8 Å². The lowest BCUT2D eigenvalue weighted by molar-refractivity contribution is -0.139. The number of likely N-dealkylation sites (tertiary alicyclic amines) is 1. The maximum absolute atomic E-state index is 13.7. The van der Waals surface area contributed by atoms with Crippen LogP contribution in [0, 0.1) is 11.6 Å². The van der Waals surface area contributed by atoms with Gasteiger partial charge in [-0.1, -0.05) is 23.2 Å². The molecule has 0 bridgehead atoms. The average Bonchev–Trinajstić information content (AvgIpc) is 2.67. The van der Waals surface area contributed by atoms with E-state index < -0.39 is 17.7 Å². The molecule has 0 unspecified atom stereocenters. The van der Waals surface area contributed by atoms with Gasteiger partial charge in [-0.25, -0.2) is 8.78 Å². The molecule has 1 aliphatic heterocycles. The number of benzene rings is 2. The van der Waals surface area contributed by atoms with Crippen LogP contribution >= 0.6 is 23.2 Å². The zero-order valence-corrected chi connectivity index (χ0v) is 16.6. The fourth-order valence-electron chi connectivity index (χ4n) is 3.01. The lowest BCUT2D eigenvalue weighted by Crippen LogP contribution is -2.46. The maximum Gasteiger partial charge on any atom is 0.263 e. The van der Waals surface area contributed by atoms with Crippen LogP contribution in [0.25, 0.3) is 0 Å². The molecule has 0 spiro atoms. The van der Waals surface area contributed by atoms with Gasteiger partial charge in [0, 0.05) is 38.1 Å². The Hall–Kier alpha value is -2.05. The fourth-order valence-corrected chi connectivity index (χ4v) is 3.29. The Balaban J connectivity index is 1.52. The lowest BCUT2D eigenvalue weighted by atomic mass is 10.1. The van der Waals surface area contributed by atoms with Crippen LogP contribution in [0.5, 0.6) is 11.5 Å². The molecular weight excluding hydrogens is 411 g/mol. The lowest BCUT2D eigenvalue weighted by Gasteiger charge is -2.33. The van der Waals surface area contributed by atoms with E-state index in [1.165, 1.54) is 6.07 Å². The van der Waals surface area contributed by atoms with Crippen LogP contribution < -0.4 is 9.47 Å². The zero-order chi connectivity index (χ0) is 20.3. The van der Waals surface area contributed by atoms with Crippen molar-refractivity contribution in [1.82, 2.24) is 4.90 Å². The third-order valence-corrected chi connectivity index (χ3v) is 5.23. The molecule has 0 N–H and O–H groups in total. The summed E-state index contributed by atoms with van der Waals surface area (Å²) in [4.78, 5) is 14.3. The van der Waals surface area contributed by atoms with Crippen LogP contribution in [-0.2, 0) is 4.79 Å². The van der Waals surface area contributed by atoms with Crippen LogP contribution in [-0.4, -0.2) is 36.1 Å². The highest BCUT2D eigenvalue weighted by molar-refractivity contribution is 6.42. The van der Waals surface area contributed by atoms with Crippen LogP contribution in [0.4, 0.5) is 8.78 Å². The smallest absolute Gasteiger partial charge is 0.263 e. The van der Waals surface area contributed by atoms with Crippen molar-refractivity contribution in [3.63, 3.8) is 0 Å². The van der Waals surface area contributed by atoms with Crippen LogP contribution in [0.3, 0.4) is 0 Å². The number of hydrogen-bond donors (Lipinski definition) is 0. The van der Waals surface area contributed by atoms with Gasteiger partial charge < -0.3 is 14.4 Å². The Morgan fingerprint density at radius 1 is 1.11 bits per heavy atom. The predicted octanol–water partition coefficient (Wildman–Crippen LogP) is 5.11. The number of carbonyl (C=O) groups excluding carboxylic acids is 1. The molecule has 150 valence electrons. The highest BCUT2D eigenvalue weighted by atomic mass is 35.5. The summed E-state index contributed by atoms with van der Waals surface area (Å²) in [7, 11) is 0. The molecule has 0 aromatic heterocycles. The maximum atomic E-state index is 13.7. The van der Waals surface area contributed by atoms with Gasteiger partial charge >= 0.3 is 0 Å². The van der Waals surface area contributed by atoms with Crippen molar-refractivity contribution in [2.24, 2.45) is 0 Å².